The summed E-state index contributed by atoms with van der Waals surface area (Å²) in [6, 6.07) is 13.9. The lowest BCUT2D eigenvalue weighted by atomic mass is 10.0. The number of phenolic OH excluding ortho intramolecular Hbond substituents is 2. The van der Waals surface area contributed by atoms with Crippen LogP contribution in [0, 0.1) is 11.8 Å². The summed E-state index contributed by atoms with van der Waals surface area (Å²) in [5.74, 6) is 0.161. The summed E-state index contributed by atoms with van der Waals surface area (Å²) >= 11 is 0. The Balaban J connectivity index is 2.09. The number of hydrogen-bond acceptors (Lipinski definition) is 4. The highest BCUT2D eigenvalue weighted by Gasteiger charge is 2.21. The Morgan fingerprint density at radius 2 is 1.09 bits per heavy atom. The zero-order valence-electron chi connectivity index (χ0n) is 12.4. The summed E-state index contributed by atoms with van der Waals surface area (Å²) in [5.41, 5.74) is 1.85. The van der Waals surface area contributed by atoms with Crippen LogP contribution in [0.4, 0.5) is 0 Å². The van der Waals surface area contributed by atoms with Gasteiger partial charge in [0.05, 0.1) is 0 Å². The third-order valence-corrected chi connectivity index (χ3v) is 3.95. The average Bonchev–Trinajstić information content (AvgIpc) is 2.51. The number of hydrogen-bond donors (Lipinski definition) is 4. The van der Waals surface area contributed by atoms with Gasteiger partial charge in [-0.15, -0.1) is 0 Å². The number of aromatic hydroxyl groups is 2. The molecule has 22 heavy (non-hydrogen) atoms. The zero-order chi connectivity index (χ0) is 15.9. The second-order valence-electron chi connectivity index (χ2n) is 5.63. The van der Waals surface area contributed by atoms with Gasteiger partial charge in [-0.1, -0.05) is 24.3 Å². The molecule has 0 radical (unpaired) electrons. The maximum Gasteiger partial charge on any atom is 0.115 e. The lowest BCUT2D eigenvalue weighted by molar-refractivity contribution is 0.119. The molecule has 0 aliphatic heterocycles. The van der Waals surface area contributed by atoms with Gasteiger partial charge in [-0.3, -0.25) is 0 Å². The van der Waals surface area contributed by atoms with Crippen LogP contribution >= 0.6 is 0 Å². The fourth-order valence-corrected chi connectivity index (χ4v) is 2.73. The van der Waals surface area contributed by atoms with Crippen LogP contribution in [0.3, 0.4) is 0 Å². The molecule has 0 spiro atoms. The van der Waals surface area contributed by atoms with E-state index in [-0.39, 0.29) is 36.5 Å². The van der Waals surface area contributed by atoms with Gasteiger partial charge in [-0.2, -0.15) is 0 Å². The van der Waals surface area contributed by atoms with Crippen molar-refractivity contribution >= 4 is 0 Å². The van der Waals surface area contributed by atoms with Crippen molar-refractivity contribution in [3.63, 3.8) is 0 Å². The number of aliphatic hydroxyl groups is 2. The topological polar surface area (TPSA) is 80.9 Å². The van der Waals surface area contributed by atoms with Gasteiger partial charge in [0, 0.05) is 13.2 Å². The summed E-state index contributed by atoms with van der Waals surface area (Å²) in [6.07, 6.45) is 1.16. The van der Waals surface area contributed by atoms with E-state index in [2.05, 4.69) is 0 Å². The third kappa shape index (κ3) is 4.48. The summed E-state index contributed by atoms with van der Waals surface area (Å²) in [5, 5.41) is 38.4. The first kappa shape index (κ1) is 16.3. The van der Waals surface area contributed by atoms with Gasteiger partial charge in [0.25, 0.3) is 0 Å². The van der Waals surface area contributed by atoms with E-state index in [1.165, 1.54) is 0 Å². The number of benzene rings is 2. The van der Waals surface area contributed by atoms with Crippen molar-refractivity contribution in [1.82, 2.24) is 0 Å². The van der Waals surface area contributed by atoms with Gasteiger partial charge in [0.1, 0.15) is 11.5 Å². The van der Waals surface area contributed by atoms with Crippen LogP contribution in [0.2, 0.25) is 0 Å². The van der Waals surface area contributed by atoms with Crippen LogP contribution in [-0.4, -0.2) is 33.6 Å². The van der Waals surface area contributed by atoms with Gasteiger partial charge < -0.3 is 20.4 Å². The van der Waals surface area contributed by atoms with E-state index in [9.17, 15) is 20.4 Å². The molecule has 0 unspecified atom stereocenters. The Kier molecular flexibility index (Phi) is 5.81. The lowest BCUT2D eigenvalue weighted by Gasteiger charge is -2.24. The molecule has 118 valence electrons. The Hall–Kier alpha value is -2.04. The molecular formula is C18H22O4. The molecule has 0 aliphatic carbocycles. The quantitative estimate of drug-likeness (QED) is 0.591. The molecule has 0 amide bonds. The van der Waals surface area contributed by atoms with Gasteiger partial charge in [0.15, 0.2) is 0 Å². The molecule has 0 bridgehead atoms. The highest BCUT2D eigenvalue weighted by molar-refractivity contribution is 5.29. The van der Waals surface area contributed by atoms with Crippen molar-refractivity contribution in [2.45, 2.75) is 12.8 Å². The lowest BCUT2D eigenvalue weighted by Crippen LogP contribution is -2.26. The predicted molar refractivity (Wildman–Crippen MR) is 84.8 cm³/mol. The van der Waals surface area contributed by atoms with Gasteiger partial charge >= 0.3 is 0 Å². The largest absolute Gasteiger partial charge is 0.508 e. The molecular weight excluding hydrogens is 283 g/mol. The van der Waals surface area contributed by atoms with E-state index in [0.717, 1.165) is 11.1 Å². The summed E-state index contributed by atoms with van der Waals surface area (Å²) in [7, 11) is 0. The minimum Gasteiger partial charge on any atom is -0.508 e. The standard InChI is InChI=1S/C18H22O4/c19-11-15(7-13-3-1-5-17(21)9-13)16(12-20)8-14-4-2-6-18(22)10-14/h1-6,9-10,15-16,19-22H,7-8,11-12H2/t15-,16-/m0/s1/i7+1,8+1,11+1. The Morgan fingerprint density at radius 3 is 1.41 bits per heavy atom. The van der Waals surface area contributed by atoms with Crippen LogP contribution in [0.5, 0.6) is 11.5 Å². The third-order valence-electron chi connectivity index (χ3n) is 3.95. The van der Waals surface area contributed by atoms with Crippen LogP contribution in [-0.2, 0) is 12.8 Å². The van der Waals surface area contributed by atoms with E-state index in [1.807, 2.05) is 12.1 Å². The number of aliphatic hydroxyl groups excluding tert-OH is 2. The molecule has 0 aliphatic rings. The molecule has 4 N–H and O–H groups in total. The molecule has 4 nitrogen and oxygen atoms in total. The summed E-state index contributed by atoms with van der Waals surface area (Å²) in [6.45, 7) is -0.0839. The molecule has 0 saturated carbocycles. The highest BCUT2D eigenvalue weighted by atomic mass is 16.3. The van der Waals surface area contributed by atoms with Gasteiger partial charge in [-0.25, -0.2) is 0 Å². The smallest absolute Gasteiger partial charge is 0.115 e. The molecule has 2 aromatic rings. The van der Waals surface area contributed by atoms with Crippen LogP contribution < -0.4 is 0 Å². The Labute approximate surface area is 130 Å². The van der Waals surface area contributed by atoms with Crippen molar-refractivity contribution in [3.8, 4) is 11.5 Å². The molecule has 4 heteroatoms. The van der Waals surface area contributed by atoms with E-state index in [4.69, 9.17) is 0 Å². The average molecular weight is 305 g/mol. The summed E-state index contributed by atoms with van der Waals surface area (Å²) < 4.78 is 0. The molecule has 0 aromatic heterocycles. The molecule has 2 atom stereocenters. The first-order valence-electron chi connectivity index (χ1n) is 7.40. The minimum absolute atomic E-state index is 0.0420. The normalized spacial score (nSPS) is 13.7. The predicted octanol–water partition coefficient (Wildman–Crippen LogP) is 2.10. The van der Waals surface area contributed by atoms with E-state index >= 15 is 0 Å². The second-order valence-corrected chi connectivity index (χ2v) is 5.63. The van der Waals surface area contributed by atoms with Crippen LogP contribution in [0.1, 0.15) is 11.1 Å². The van der Waals surface area contributed by atoms with Crippen molar-refractivity contribution in [2.75, 3.05) is 13.2 Å². The fourth-order valence-electron chi connectivity index (χ4n) is 2.73. The molecule has 0 fully saturated rings. The number of phenols is 2. The first-order chi connectivity index (χ1) is 10.6. The maximum absolute atomic E-state index is 9.67. The minimum atomic E-state index is -0.117. The van der Waals surface area contributed by atoms with Crippen molar-refractivity contribution in [2.24, 2.45) is 11.8 Å². The number of rotatable bonds is 7. The molecule has 0 saturated heterocycles. The molecule has 2 rings (SSSR count). The molecule has 0 heterocycles. The van der Waals surface area contributed by atoms with Crippen molar-refractivity contribution < 1.29 is 20.4 Å². The van der Waals surface area contributed by atoms with E-state index in [0.29, 0.717) is 12.8 Å². The van der Waals surface area contributed by atoms with Gasteiger partial charge in [0.2, 0.25) is 0 Å². The monoisotopic (exact) mass is 305 g/mol. The second kappa shape index (κ2) is 7.82. The molecule has 2 aromatic carbocycles. The van der Waals surface area contributed by atoms with E-state index < -0.39 is 0 Å². The Bertz CT molecular complexity index is 544. The highest BCUT2D eigenvalue weighted by Crippen LogP contribution is 2.24. The van der Waals surface area contributed by atoms with Crippen LogP contribution in [0.25, 0.3) is 0 Å². The van der Waals surface area contributed by atoms with E-state index in [1.54, 1.807) is 36.4 Å². The first-order valence-corrected chi connectivity index (χ1v) is 7.40. The maximum atomic E-state index is 9.67. The van der Waals surface area contributed by atoms with Crippen molar-refractivity contribution in [1.29, 1.82) is 0 Å². The SMILES string of the molecule is OC[C@H]([13CH2]c1cccc(O)c1)[C@H]([13CH2]O)[13CH2]c1cccc(O)c1. The van der Waals surface area contributed by atoms with Gasteiger partial charge in [-0.05, 0) is 60.1 Å². The zero-order valence-corrected chi connectivity index (χ0v) is 12.4. The Morgan fingerprint density at radius 1 is 0.682 bits per heavy atom. The van der Waals surface area contributed by atoms with Crippen LogP contribution in [0.15, 0.2) is 48.5 Å². The van der Waals surface area contributed by atoms with Crippen molar-refractivity contribution in [3.05, 3.63) is 59.7 Å². The fraction of sp³-hybridized carbons (Fsp3) is 0.333. The summed E-state index contributed by atoms with van der Waals surface area (Å²) in [4.78, 5) is 0.